The van der Waals surface area contributed by atoms with Crippen molar-refractivity contribution in [2.24, 2.45) is 5.92 Å². The summed E-state index contributed by atoms with van der Waals surface area (Å²) in [6.45, 7) is 6.07. The molecule has 4 rings (SSSR count). The van der Waals surface area contributed by atoms with E-state index < -0.39 is 0 Å². The predicted octanol–water partition coefficient (Wildman–Crippen LogP) is 2.74. The fourth-order valence-corrected chi connectivity index (χ4v) is 3.80. The second kappa shape index (κ2) is 6.42. The van der Waals surface area contributed by atoms with Gasteiger partial charge in [0, 0.05) is 56.6 Å². The lowest BCUT2D eigenvalue weighted by molar-refractivity contribution is -0.132. The van der Waals surface area contributed by atoms with Crippen molar-refractivity contribution in [3.05, 3.63) is 24.3 Å². The van der Waals surface area contributed by atoms with Gasteiger partial charge in [-0.1, -0.05) is 0 Å². The number of amides is 1. The zero-order chi connectivity index (χ0) is 15.6. The van der Waals surface area contributed by atoms with Gasteiger partial charge in [0.25, 0.3) is 0 Å². The van der Waals surface area contributed by atoms with Crippen molar-refractivity contribution >= 4 is 17.3 Å². The number of piperidine rings is 1. The molecule has 0 spiro atoms. The van der Waals surface area contributed by atoms with Crippen LogP contribution in [0.1, 0.15) is 32.1 Å². The number of benzene rings is 1. The molecule has 4 nitrogen and oxygen atoms in total. The third-order valence-electron chi connectivity index (χ3n) is 5.45. The number of hydrogen-bond acceptors (Lipinski definition) is 3. The highest BCUT2D eigenvalue weighted by molar-refractivity contribution is 5.81. The molecule has 0 unspecified atom stereocenters. The molecule has 1 aliphatic carbocycles. The normalized spacial score (nSPS) is 22.3. The van der Waals surface area contributed by atoms with Gasteiger partial charge in [0.15, 0.2) is 0 Å². The van der Waals surface area contributed by atoms with Gasteiger partial charge in [-0.05, 0) is 56.4 Å². The summed E-state index contributed by atoms with van der Waals surface area (Å²) in [5, 5.41) is 0. The molecule has 0 atom stereocenters. The van der Waals surface area contributed by atoms with E-state index in [-0.39, 0.29) is 0 Å². The first-order valence-corrected chi connectivity index (χ1v) is 9.20. The number of nitrogens with zero attached hydrogens (tertiary/aromatic N) is 3. The highest BCUT2D eigenvalue weighted by atomic mass is 16.2. The van der Waals surface area contributed by atoms with E-state index in [2.05, 4.69) is 39.0 Å². The standard InChI is InChI=1S/C19H27N3O/c23-19(16-4-5-16)22-14-12-21(13-15-22)18-8-6-17(7-9-18)20-10-2-1-3-11-20/h6-9,16H,1-5,10-15H2. The van der Waals surface area contributed by atoms with Crippen molar-refractivity contribution in [2.75, 3.05) is 49.1 Å². The zero-order valence-electron chi connectivity index (χ0n) is 13.9. The lowest BCUT2D eigenvalue weighted by Crippen LogP contribution is -2.49. The Kier molecular flexibility index (Phi) is 4.15. The Labute approximate surface area is 139 Å². The topological polar surface area (TPSA) is 26.8 Å². The van der Waals surface area contributed by atoms with E-state index in [9.17, 15) is 4.79 Å². The predicted molar refractivity (Wildman–Crippen MR) is 94.0 cm³/mol. The minimum atomic E-state index is 0.352. The van der Waals surface area contributed by atoms with Crippen molar-refractivity contribution in [3.63, 3.8) is 0 Å². The molecule has 124 valence electrons. The SMILES string of the molecule is O=C(C1CC1)N1CCN(c2ccc(N3CCCCC3)cc2)CC1. The molecule has 2 heterocycles. The summed E-state index contributed by atoms with van der Waals surface area (Å²) < 4.78 is 0. The Balaban J connectivity index is 1.34. The van der Waals surface area contributed by atoms with Gasteiger partial charge in [-0.25, -0.2) is 0 Å². The number of carbonyl (C=O) groups is 1. The highest BCUT2D eigenvalue weighted by Crippen LogP contribution is 2.31. The lowest BCUT2D eigenvalue weighted by Gasteiger charge is -2.36. The minimum Gasteiger partial charge on any atom is -0.372 e. The second-order valence-corrected chi connectivity index (χ2v) is 7.15. The molecule has 23 heavy (non-hydrogen) atoms. The molecule has 1 aromatic rings. The molecule has 2 saturated heterocycles. The highest BCUT2D eigenvalue weighted by Gasteiger charge is 2.34. The number of anilines is 2. The van der Waals surface area contributed by atoms with Crippen LogP contribution < -0.4 is 9.80 Å². The Morgan fingerprint density at radius 2 is 1.26 bits per heavy atom. The van der Waals surface area contributed by atoms with E-state index in [1.54, 1.807) is 0 Å². The first kappa shape index (κ1) is 14.9. The monoisotopic (exact) mass is 313 g/mol. The van der Waals surface area contributed by atoms with Crippen LogP contribution in [0.2, 0.25) is 0 Å². The van der Waals surface area contributed by atoms with Crippen LogP contribution in [-0.4, -0.2) is 50.1 Å². The summed E-state index contributed by atoms with van der Waals surface area (Å²) >= 11 is 0. The first-order valence-electron chi connectivity index (χ1n) is 9.20. The molecule has 3 fully saturated rings. The van der Waals surface area contributed by atoms with Crippen LogP contribution in [-0.2, 0) is 4.79 Å². The van der Waals surface area contributed by atoms with Crippen molar-refractivity contribution in [1.82, 2.24) is 4.90 Å². The van der Waals surface area contributed by atoms with Gasteiger partial charge in [-0.15, -0.1) is 0 Å². The number of piperazine rings is 1. The zero-order valence-corrected chi connectivity index (χ0v) is 13.9. The maximum atomic E-state index is 12.1. The van der Waals surface area contributed by atoms with Crippen LogP contribution in [0.15, 0.2) is 24.3 Å². The molecule has 1 saturated carbocycles. The van der Waals surface area contributed by atoms with E-state index in [4.69, 9.17) is 0 Å². The van der Waals surface area contributed by atoms with Crippen LogP contribution in [0, 0.1) is 5.92 Å². The van der Waals surface area contributed by atoms with Crippen molar-refractivity contribution in [3.8, 4) is 0 Å². The van der Waals surface area contributed by atoms with Gasteiger partial charge in [0.1, 0.15) is 0 Å². The third-order valence-corrected chi connectivity index (χ3v) is 5.45. The first-order chi connectivity index (χ1) is 11.3. The quantitative estimate of drug-likeness (QED) is 0.858. The van der Waals surface area contributed by atoms with E-state index in [0.717, 1.165) is 39.0 Å². The van der Waals surface area contributed by atoms with Crippen molar-refractivity contribution < 1.29 is 4.79 Å². The van der Waals surface area contributed by atoms with Gasteiger partial charge in [0.2, 0.25) is 5.91 Å². The minimum absolute atomic E-state index is 0.352. The smallest absolute Gasteiger partial charge is 0.225 e. The summed E-state index contributed by atoms with van der Waals surface area (Å²) in [7, 11) is 0. The molecule has 0 aromatic heterocycles. The Morgan fingerprint density at radius 1 is 0.739 bits per heavy atom. The van der Waals surface area contributed by atoms with E-state index in [1.807, 2.05) is 0 Å². The largest absolute Gasteiger partial charge is 0.372 e. The molecular weight excluding hydrogens is 286 g/mol. The molecule has 2 aliphatic heterocycles. The third kappa shape index (κ3) is 3.31. The molecule has 1 aromatic carbocycles. The summed E-state index contributed by atoms with van der Waals surface area (Å²) in [4.78, 5) is 19.1. The average molecular weight is 313 g/mol. The van der Waals surface area contributed by atoms with Crippen LogP contribution in [0.5, 0.6) is 0 Å². The molecule has 4 heteroatoms. The van der Waals surface area contributed by atoms with Crippen LogP contribution >= 0.6 is 0 Å². The van der Waals surface area contributed by atoms with E-state index in [0.29, 0.717) is 11.8 Å². The van der Waals surface area contributed by atoms with Crippen LogP contribution in [0.4, 0.5) is 11.4 Å². The van der Waals surface area contributed by atoms with Gasteiger partial charge < -0.3 is 14.7 Å². The number of carbonyl (C=O) groups excluding carboxylic acids is 1. The number of rotatable bonds is 3. The lowest BCUT2D eigenvalue weighted by atomic mass is 10.1. The van der Waals surface area contributed by atoms with Gasteiger partial charge >= 0.3 is 0 Å². The fraction of sp³-hybridized carbons (Fsp3) is 0.632. The summed E-state index contributed by atoms with van der Waals surface area (Å²) in [5.74, 6) is 0.746. The number of hydrogen-bond donors (Lipinski definition) is 0. The molecule has 3 aliphatic rings. The Hall–Kier alpha value is -1.71. The van der Waals surface area contributed by atoms with E-state index in [1.165, 1.54) is 43.7 Å². The molecule has 1 amide bonds. The maximum Gasteiger partial charge on any atom is 0.225 e. The second-order valence-electron chi connectivity index (χ2n) is 7.15. The molecule has 0 N–H and O–H groups in total. The summed E-state index contributed by atoms with van der Waals surface area (Å²) in [5.41, 5.74) is 2.65. The molecular formula is C19H27N3O. The van der Waals surface area contributed by atoms with Gasteiger partial charge in [-0.2, -0.15) is 0 Å². The van der Waals surface area contributed by atoms with Crippen molar-refractivity contribution in [2.45, 2.75) is 32.1 Å². The van der Waals surface area contributed by atoms with E-state index >= 15 is 0 Å². The molecule has 0 radical (unpaired) electrons. The van der Waals surface area contributed by atoms with Gasteiger partial charge in [-0.3, -0.25) is 4.79 Å². The summed E-state index contributed by atoms with van der Waals surface area (Å²) in [6.07, 6.45) is 6.23. The van der Waals surface area contributed by atoms with Gasteiger partial charge in [0.05, 0.1) is 0 Å². The van der Waals surface area contributed by atoms with Crippen LogP contribution in [0.3, 0.4) is 0 Å². The molecule has 0 bridgehead atoms. The Bertz CT molecular complexity index is 538. The fourth-order valence-electron chi connectivity index (χ4n) is 3.80. The Morgan fingerprint density at radius 3 is 1.78 bits per heavy atom. The summed E-state index contributed by atoms with van der Waals surface area (Å²) in [6, 6.07) is 9.04. The van der Waals surface area contributed by atoms with Crippen LogP contribution in [0.25, 0.3) is 0 Å². The average Bonchev–Trinajstić information content (AvgIpc) is 3.47. The van der Waals surface area contributed by atoms with Crippen molar-refractivity contribution in [1.29, 1.82) is 0 Å². The maximum absolute atomic E-state index is 12.1.